The van der Waals surface area contributed by atoms with Gasteiger partial charge < -0.3 is 23.7 Å². The zero-order chi connectivity index (χ0) is 25.0. The number of hydrogen-bond donors (Lipinski definition) is 0. The van der Waals surface area contributed by atoms with E-state index >= 15 is 0 Å². The van der Waals surface area contributed by atoms with Crippen LogP contribution < -0.4 is 0 Å². The van der Waals surface area contributed by atoms with E-state index in [1.165, 1.54) is 0 Å². The Morgan fingerprint density at radius 1 is 0.667 bits per heavy atom. The quantitative estimate of drug-likeness (QED) is 0.212. The highest BCUT2D eigenvalue weighted by atomic mass is 35.5. The van der Waals surface area contributed by atoms with E-state index in [0.717, 1.165) is 16.7 Å². The van der Waals surface area contributed by atoms with Gasteiger partial charge in [-0.25, -0.2) is 0 Å². The van der Waals surface area contributed by atoms with Crippen molar-refractivity contribution in [1.82, 2.24) is 0 Å². The second-order valence-electron chi connectivity index (χ2n) is 8.64. The molecule has 190 valence electrons. The Balaban J connectivity index is 1.49. The molecule has 0 amide bonds. The van der Waals surface area contributed by atoms with Crippen LogP contribution in [0.15, 0.2) is 104 Å². The van der Waals surface area contributed by atoms with Crippen molar-refractivity contribution in [1.29, 1.82) is 0 Å². The molecule has 3 aromatic rings. The normalized spacial score (nSPS) is 23.9. The van der Waals surface area contributed by atoms with Crippen molar-refractivity contribution < 1.29 is 23.7 Å². The molecule has 5 nitrogen and oxygen atoms in total. The van der Waals surface area contributed by atoms with Crippen LogP contribution in [0.1, 0.15) is 16.7 Å². The van der Waals surface area contributed by atoms with Crippen LogP contribution in [0, 0.1) is 0 Å². The zero-order valence-electron chi connectivity index (χ0n) is 20.3. The lowest BCUT2D eigenvalue weighted by Gasteiger charge is -2.44. The maximum absolute atomic E-state index is 6.73. The third-order valence-corrected chi connectivity index (χ3v) is 6.30. The minimum atomic E-state index is -0.731. The molecule has 0 saturated carbocycles. The monoisotopic (exact) mass is 508 g/mol. The predicted molar refractivity (Wildman–Crippen MR) is 141 cm³/mol. The minimum Gasteiger partial charge on any atom is -0.374 e. The van der Waals surface area contributed by atoms with Crippen molar-refractivity contribution >= 4 is 11.6 Å². The standard InChI is InChI=1S/C30H33ClO5/c1-2-18-33-28-27(34-20-24-14-8-4-9-15-24)26(22-32-19-23-12-6-3-7-13-23)36-30(31)29(28)35-21-25-16-10-5-11-17-25/h2-17,26-30H,1,18-22H2/t26-,27+,28+,29-,30+/m1/s1. The van der Waals surface area contributed by atoms with Gasteiger partial charge in [0.1, 0.15) is 24.4 Å². The summed E-state index contributed by atoms with van der Waals surface area (Å²) >= 11 is 6.73. The summed E-state index contributed by atoms with van der Waals surface area (Å²) in [6.45, 7) is 5.69. The first kappa shape index (κ1) is 26.6. The van der Waals surface area contributed by atoms with Gasteiger partial charge in [0, 0.05) is 0 Å². The van der Waals surface area contributed by atoms with Gasteiger partial charge in [0.15, 0.2) is 5.56 Å². The lowest BCUT2D eigenvalue weighted by Crippen LogP contribution is -2.59. The van der Waals surface area contributed by atoms with Crippen molar-refractivity contribution in [3.63, 3.8) is 0 Å². The summed E-state index contributed by atoms with van der Waals surface area (Å²) in [5.74, 6) is 0. The van der Waals surface area contributed by atoms with Crippen molar-refractivity contribution in [2.45, 2.75) is 49.8 Å². The largest absolute Gasteiger partial charge is 0.374 e. The van der Waals surface area contributed by atoms with Gasteiger partial charge in [-0.3, -0.25) is 0 Å². The van der Waals surface area contributed by atoms with E-state index in [-0.39, 0.29) is 0 Å². The summed E-state index contributed by atoms with van der Waals surface area (Å²) in [7, 11) is 0. The lowest BCUT2D eigenvalue weighted by molar-refractivity contribution is -0.251. The van der Waals surface area contributed by atoms with Gasteiger partial charge in [0.2, 0.25) is 0 Å². The fraction of sp³-hybridized carbons (Fsp3) is 0.333. The molecular formula is C30H33ClO5. The van der Waals surface area contributed by atoms with Crippen LogP contribution in [0.5, 0.6) is 0 Å². The number of hydrogen-bond acceptors (Lipinski definition) is 5. The molecule has 0 radical (unpaired) electrons. The average Bonchev–Trinajstić information content (AvgIpc) is 2.92. The van der Waals surface area contributed by atoms with E-state index in [9.17, 15) is 0 Å². The number of ether oxygens (including phenoxy) is 5. The molecule has 36 heavy (non-hydrogen) atoms. The molecule has 0 aromatic heterocycles. The van der Waals surface area contributed by atoms with E-state index in [2.05, 4.69) is 6.58 Å². The van der Waals surface area contributed by atoms with Crippen LogP contribution in [0.2, 0.25) is 0 Å². The third-order valence-electron chi connectivity index (χ3n) is 5.95. The van der Waals surface area contributed by atoms with Gasteiger partial charge in [-0.1, -0.05) is 109 Å². The lowest BCUT2D eigenvalue weighted by atomic mass is 9.99. The Hall–Kier alpha value is -2.51. The summed E-state index contributed by atoms with van der Waals surface area (Å²) < 4.78 is 31.1. The second kappa shape index (κ2) is 14.3. The third kappa shape index (κ3) is 7.74. The fourth-order valence-electron chi connectivity index (χ4n) is 4.15. The van der Waals surface area contributed by atoms with Crippen molar-refractivity contribution in [2.75, 3.05) is 13.2 Å². The summed E-state index contributed by atoms with van der Waals surface area (Å²) in [5.41, 5.74) is 2.45. The number of rotatable bonds is 13. The second-order valence-corrected chi connectivity index (χ2v) is 9.07. The minimum absolute atomic E-state index is 0.303. The summed E-state index contributed by atoms with van der Waals surface area (Å²) in [5, 5.41) is 0. The molecule has 1 saturated heterocycles. The highest BCUT2D eigenvalue weighted by Gasteiger charge is 2.47. The summed E-state index contributed by atoms with van der Waals surface area (Å²) in [4.78, 5) is 0. The molecular weight excluding hydrogens is 476 g/mol. The molecule has 5 atom stereocenters. The van der Waals surface area contributed by atoms with E-state index in [0.29, 0.717) is 33.0 Å². The van der Waals surface area contributed by atoms with Gasteiger partial charge >= 0.3 is 0 Å². The fourth-order valence-corrected chi connectivity index (χ4v) is 4.49. The van der Waals surface area contributed by atoms with Gasteiger partial charge in [-0.15, -0.1) is 6.58 Å². The van der Waals surface area contributed by atoms with Gasteiger partial charge in [-0.2, -0.15) is 0 Å². The van der Waals surface area contributed by atoms with Crippen LogP contribution in [-0.2, 0) is 43.5 Å². The molecule has 0 bridgehead atoms. The first-order chi connectivity index (χ1) is 17.7. The summed E-state index contributed by atoms with van der Waals surface area (Å²) in [6, 6.07) is 30.0. The maximum atomic E-state index is 6.73. The molecule has 6 heteroatoms. The van der Waals surface area contributed by atoms with Crippen molar-refractivity contribution in [3.05, 3.63) is 120 Å². The number of benzene rings is 3. The molecule has 0 spiro atoms. The Bertz CT molecular complexity index is 1020. The molecule has 1 aliphatic heterocycles. The predicted octanol–water partition coefficient (Wildman–Crippen LogP) is 5.91. The maximum Gasteiger partial charge on any atom is 0.160 e. The number of halogens is 1. The molecule has 1 heterocycles. The SMILES string of the molecule is C=CCO[C@@H]1[C@@H](OCc2ccccc2)[C@@H](Cl)O[C@H](COCc2ccccc2)[C@@H]1OCc1ccccc1. The van der Waals surface area contributed by atoms with Gasteiger partial charge in [0.05, 0.1) is 33.0 Å². The van der Waals surface area contributed by atoms with E-state index in [1.807, 2.05) is 91.0 Å². The van der Waals surface area contributed by atoms with Crippen molar-refractivity contribution in [3.8, 4) is 0 Å². The van der Waals surface area contributed by atoms with Crippen molar-refractivity contribution in [2.24, 2.45) is 0 Å². The molecule has 4 rings (SSSR count). The van der Waals surface area contributed by atoms with Crippen LogP contribution in [-0.4, -0.2) is 43.2 Å². The van der Waals surface area contributed by atoms with E-state index in [1.54, 1.807) is 6.08 Å². The molecule has 0 aliphatic carbocycles. The highest BCUT2D eigenvalue weighted by Crippen LogP contribution is 2.31. The molecule has 0 N–H and O–H groups in total. The van der Waals surface area contributed by atoms with Crippen LogP contribution in [0.25, 0.3) is 0 Å². The van der Waals surface area contributed by atoms with E-state index < -0.39 is 30.0 Å². The topological polar surface area (TPSA) is 46.2 Å². The Morgan fingerprint density at radius 3 is 1.69 bits per heavy atom. The van der Waals surface area contributed by atoms with Crippen LogP contribution >= 0.6 is 11.6 Å². The molecule has 1 fully saturated rings. The molecule has 3 aromatic carbocycles. The van der Waals surface area contributed by atoms with E-state index in [4.69, 9.17) is 35.3 Å². The highest BCUT2D eigenvalue weighted by molar-refractivity contribution is 6.20. The Morgan fingerprint density at radius 2 is 1.17 bits per heavy atom. The average molecular weight is 509 g/mol. The Labute approximate surface area is 218 Å². The first-order valence-electron chi connectivity index (χ1n) is 12.2. The number of alkyl halides is 1. The van der Waals surface area contributed by atoms with Crippen LogP contribution in [0.3, 0.4) is 0 Å². The zero-order valence-corrected chi connectivity index (χ0v) is 21.0. The summed E-state index contributed by atoms with van der Waals surface area (Å²) in [6.07, 6.45) is -0.208. The van der Waals surface area contributed by atoms with Gasteiger partial charge in [-0.05, 0) is 16.7 Å². The smallest absolute Gasteiger partial charge is 0.160 e. The van der Waals surface area contributed by atoms with Crippen LogP contribution in [0.4, 0.5) is 0 Å². The molecule has 1 aliphatic rings. The Kier molecular flexibility index (Phi) is 10.5. The molecule has 0 unspecified atom stereocenters. The van der Waals surface area contributed by atoms with Gasteiger partial charge in [0.25, 0.3) is 0 Å². The first-order valence-corrected chi connectivity index (χ1v) is 12.6.